The topological polar surface area (TPSA) is 151 Å². The number of ether oxygens (including phenoxy) is 1. The Morgan fingerprint density at radius 3 is 2.45 bits per heavy atom. The van der Waals surface area contributed by atoms with E-state index in [2.05, 4.69) is 20.6 Å². The Balaban J connectivity index is 1.54. The molecule has 0 aliphatic carbocycles. The van der Waals surface area contributed by atoms with Gasteiger partial charge in [-0.15, -0.1) is 10.2 Å². The van der Waals surface area contributed by atoms with Crippen LogP contribution in [0.15, 0.2) is 73.6 Å². The van der Waals surface area contributed by atoms with Crippen LogP contribution < -0.4 is 10.7 Å². The van der Waals surface area contributed by atoms with E-state index in [0.717, 1.165) is 28.7 Å². The molecule has 0 bridgehead atoms. The van der Waals surface area contributed by atoms with Gasteiger partial charge in [0.1, 0.15) is 11.9 Å². The average molecular weight is 547 g/mol. The number of aliphatic hydroxyl groups is 1. The van der Waals surface area contributed by atoms with Crippen LogP contribution in [0.2, 0.25) is 0 Å². The Labute approximate surface area is 229 Å². The maximum atomic E-state index is 13.1. The fourth-order valence-electron chi connectivity index (χ4n) is 5.15. The van der Waals surface area contributed by atoms with Crippen molar-refractivity contribution < 1.29 is 23.5 Å². The molecule has 12 heteroatoms. The number of benzene rings is 2. The Morgan fingerprint density at radius 2 is 1.88 bits per heavy atom. The number of methoxy groups -OCH3 is 1. The number of carbonyl (C=O) groups is 1. The molecule has 2 atom stereocenters. The predicted molar refractivity (Wildman–Crippen MR) is 144 cm³/mol. The highest BCUT2D eigenvalue weighted by molar-refractivity contribution is 5.91. The highest BCUT2D eigenvalue weighted by Gasteiger charge is 2.45. The van der Waals surface area contributed by atoms with Crippen molar-refractivity contribution in [3.8, 4) is 22.5 Å². The third-order valence-corrected chi connectivity index (χ3v) is 6.84. The van der Waals surface area contributed by atoms with Crippen LogP contribution in [-0.2, 0) is 16.1 Å². The van der Waals surface area contributed by atoms with Crippen LogP contribution >= 0.6 is 0 Å². The second-order valence-electron chi connectivity index (χ2n) is 9.46. The molecule has 1 aliphatic heterocycles. The lowest BCUT2D eigenvalue weighted by Gasteiger charge is -2.33. The van der Waals surface area contributed by atoms with E-state index >= 15 is 0 Å². The Morgan fingerprint density at radius 1 is 1.15 bits per heavy atom. The number of aromatic nitrogens is 4. The fraction of sp³-hybridized carbons (Fsp3) is 0.321. The number of hydrogen-bond donors (Lipinski definition) is 2. The zero-order chi connectivity index (χ0) is 28.4. The molecule has 0 saturated heterocycles. The zero-order valence-electron chi connectivity index (χ0n) is 22.6. The van der Waals surface area contributed by atoms with Gasteiger partial charge in [-0.2, -0.15) is 5.21 Å². The first-order valence-electron chi connectivity index (χ1n) is 12.9. The summed E-state index contributed by atoms with van der Waals surface area (Å²) in [7, 11) is 1.30. The van der Waals surface area contributed by atoms with Gasteiger partial charge < -0.3 is 23.6 Å². The van der Waals surface area contributed by atoms with Crippen molar-refractivity contribution in [2.24, 2.45) is 0 Å². The number of rotatable bonds is 9. The van der Waals surface area contributed by atoms with Crippen LogP contribution in [-0.4, -0.2) is 56.0 Å². The van der Waals surface area contributed by atoms with Crippen molar-refractivity contribution in [3.63, 3.8) is 0 Å². The number of anilines is 1. The van der Waals surface area contributed by atoms with Crippen LogP contribution in [0.1, 0.15) is 38.0 Å². The summed E-state index contributed by atoms with van der Waals surface area (Å²) in [5, 5.41) is 25.2. The van der Waals surface area contributed by atoms with Gasteiger partial charge in [-0.25, -0.2) is 9.59 Å². The summed E-state index contributed by atoms with van der Waals surface area (Å²) in [6, 6.07) is 15.7. The predicted octanol–water partition coefficient (Wildman–Crippen LogP) is 3.60. The van der Waals surface area contributed by atoms with E-state index in [-0.39, 0.29) is 23.0 Å². The molecule has 0 fully saturated rings. The third kappa shape index (κ3) is 4.89. The van der Waals surface area contributed by atoms with Crippen molar-refractivity contribution in [1.29, 1.82) is 0 Å². The van der Waals surface area contributed by atoms with Gasteiger partial charge in [0, 0.05) is 12.1 Å². The lowest BCUT2D eigenvalue weighted by molar-refractivity contribution is -0.138. The number of tetrazole rings is 1. The van der Waals surface area contributed by atoms with Crippen LogP contribution in [0.4, 0.5) is 5.88 Å². The maximum absolute atomic E-state index is 13.1. The quantitative estimate of drug-likeness (QED) is 0.296. The molecule has 0 spiro atoms. The van der Waals surface area contributed by atoms with Crippen LogP contribution in [0, 0.1) is 6.92 Å². The Bertz CT molecular complexity index is 1570. The highest BCUT2D eigenvalue weighted by Crippen LogP contribution is 2.40. The van der Waals surface area contributed by atoms with E-state index < -0.39 is 24.1 Å². The summed E-state index contributed by atoms with van der Waals surface area (Å²) in [5.41, 5.74) is 4.15. The first kappa shape index (κ1) is 26.9. The molecule has 0 amide bonds. The maximum Gasteiger partial charge on any atom is 0.520 e. The molecule has 12 nitrogen and oxygen atoms in total. The summed E-state index contributed by atoms with van der Waals surface area (Å²) in [6.45, 7) is 5.51. The first-order chi connectivity index (χ1) is 19.3. The molecule has 2 N–H and O–H groups in total. The number of carbonyl (C=O) groups excluding carboxylic acids is 1. The molecule has 2 aromatic heterocycles. The summed E-state index contributed by atoms with van der Waals surface area (Å²) >= 11 is 0. The van der Waals surface area contributed by atoms with E-state index in [1.807, 2.05) is 60.4 Å². The lowest BCUT2D eigenvalue weighted by atomic mass is 9.98. The smallest absolute Gasteiger partial charge is 0.464 e. The highest BCUT2D eigenvalue weighted by atomic mass is 16.6. The minimum absolute atomic E-state index is 0.150. The monoisotopic (exact) mass is 546 g/mol. The van der Waals surface area contributed by atoms with E-state index in [9.17, 15) is 14.7 Å². The number of nitrogens with one attached hydrogen (secondary N) is 1. The number of aromatic amines is 1. The second-order valence-corrected chi connectivity index (χ2v) is 9.46. The molecule has 208 valence electrons. The molecule has 5 rings (SSSR count). The van der Waals surface area contributed by atoms with E-state index in [4.69, 9.17) is 13.6 Å². The molecular formula is C28H30N6O6. The van der Waals surface area contributed by atoms with Gasteiger partial charge in [-0.1, -0.05) is 61.9 Å². The number of aryl methyl sites for hydroxylation is 1. The average Bonchev–Trinajstić information content (AvgIpc) is 3.67. The molecular weight excluding hydrogens is 516 g/mol. The van der Waals surface area contributed by atoms with Gasteiger partial charge in [0.2, 0.25) is 11.7 Å². The largest absolute Gasteiger partial charge is 0.520 e. The van der Waals surface area contributed by atoms with Crippen molar-refractivity contribution in [2.45, 2.75) is 52.4 Å². The number of nitrogens with zero attached hydrogens (tertiary/aromatic N) is 5. The molecule has 40 heavy (non-hydrogen) atoms. The summed E-state index contributed by atoms with van der Waals surface area (Å²) in [4.78, 5) is 28.6. The van der Waals surface area contributed by atoms with E-state index in [1.54, 1.807) is 18.7 Å². The second kappa shape index (κ2) is 11.2. The van der Waals surface area contributed by atoms with Gasteiger partial charge in [-0.05, 0) is 42.2 Å². The van der Waals surface area contributed by atoms with Crippen molar-refractivity contribution in [1.82, 2.24) is 25.5 Å². The molecule has 1 aliphatic rings. The van der Waals surface area contributed by atoms with E-state index in [1.165, 1.54) is 7.11 Å². The van der Waals surface area contributed by atoms with Crippen molar-refractivity contribution in [3.05, 3.63) is 81.9 Å². The van der Waals surface area contributed by atoms with Crippen LogP contribution in [0.3, 0.4) is 0 Å². The number of esters is 1. The molecule has 0 radical (unpaired) electrons. The minimum atomic E-state index is -1.07. The molecule has 3 heterocycles. The summed E-state index contributed by atoms with van der Waals surface area (Å²) in [6.07, 6.45) is -0.156. The van der Waals surface area contributed by atoms with Crippen LogP contribution in [0.5, 0.6) is 0 Å². The molecule has 4 aromatic rings. The minimum Gasteiger partial charge on any atom is -0.464 e. The van der Waals surface area contributed by atoms with Gasteiger partial charge in [0.25, 0.3) is 0 Å². The molecule has 2 aromatic carbocycles. The third-order valence-electron chi connectivity index (χ3n) is 6.84. The van der Waals surface area contributed by atoms with Gasteiger partial charge in [-0.3, -0.25) is 4.90 Å². The lowest BCUT2D eigenvalue weighted by Crippen LogP contribution is -2.42. The normalized spacial score (nSPS) is 16.1. The SMILES string of the molecule is CCCC1N(Cc2ccc(-c3ccccc3-c3nn[nH]n3)cc2)C(C(=O)OC)=C(C(C)O)N1c1oc(=O)oc1C. The Hall–Kier alpha value is -4.71. The van der Waals surface area contributed by atoms with E-state index in [0.29, 0.717) is 18.8 Å². The summed E-state index contributed by atoms with van der Waals surface area (Å²) < 4.78 is 15.7. The van der Waals surface area contributed by atoms with Crippen LogP contribution in [0.25, 0.3) is 22.5 Å². The molecule has 0 saturated carbocycles. The first-order valence-corrected chi connectivity index (χ1v) is 12.9. The van der Waals surface area contributed by atoms with Gasteiger partial charge in [0.15, 0.2) is 5.76 Å². The summed E-state index contributed by atoms with van der Waals surface area (Å²) in [5.74, 6) is -0.563. The van der Waals surface area contributed by atoms with Gasteiger partial charge in [0.05, 0.1) is 18.9 Å². The number of hydrogen-bond acceptors (Lipinski definition) is 11. The zero-order valence-corrected chi connectivity index (χ0v) is 22.6. The molecule has 2 unspecified atom stereocenters. The number of H-pyrrole nitrogens is 1. The fourth-order valence-corrected chi connectivity index (χ4v) is 5.15. The number of aliphatic hydroxyl groups excluding tert-OH is 1. The van der Waals surface area contributed by atoms with Gasteiger partial charge >= 0.3 is 11.8 Å². The Kier molecular flexibility index (Phi) is 7.52. The van der Waals surface area contributed by atoms with Crippen molar-refractivity contribution >= 4 is 11.9 Å². The standard InChI is InChI=1S/C28H30N6O6/c1-5-8-22-33(24(27(36)38-4)23(16(2)35)34(22)26-17(3)39-28(37)40-26)15-18-11-13-19(14-12-18)20-9-6-7-10-21(20)25-29-31-32-30-25/h6-7,9-14,16,22,35H,5,8,15H2,1-4H3,(H,29,30,31,32). The van der Waals surface area contributed by atoms with Crippen molar-refractivity contribution in [2.75, 3.05) is 12.0 Å².